The lowest BCUT2D eigenvalue weighted by Crippen LogP contribution is -2.51. The fraction of sp³-hybridized carbons (Fsp3) is 0.562. The maximum atomic E-state index is 12.3. The van der Waals surface area contributed by atoms with E-state index in [1.54, 1.807) is 26.0 Å². The molecular weight excluding hydrogens is 252 g/mol. The van der Waals surface area contributed by atoms with Crippen molar-refractivity contribution in [2.45, 2.75) is 45.7 Å². The summed E-state index contributed by atoms with van der Waals surface area (Å²) in [7, 11) is 3.45. The Morgan fingerprint density at radius 2 is 2.10 bits per heavy atom. The van der Waals surface area contributed by atoms with E-state index < -0.39 is 5.54 Å². The zero-order chi connectivity index (χ0) is 15.3. The number of rotatable bonds is 6. The summed E-state index contributed by atoms with van der Waals surface area (Å²) in [5.74, 6) is 0.838. The molecule has 2 N–H and O–H groups in total. The number of aryl methyl sites for hydroxylation is 1. The number of ether oxygens (including phenoxy) is 1. The Hall–Kier alpha value is -1.55. The second-order valence-electron chi connectivity index (χ2n) is 5.63. The van der Waals surface area contributed by atoms with Crippen molar-refractivity contribution in [3.05, 3.63) is 29.3 Å². The van der Waals surface area contributed by atoms with E-state index in [0.717, 1.165) is 23.3 Å². The normalized spacial score (nSPS) is 13.7. The minimum Gasteiger partial charge on any atom is -0.496 e. The van der Waals surface area contributed by atoms with E-state index in [4.69, 9.17) is 10.5 Å². The maximum Gasteiger partial charge on any atom is 0.242 e. The van der Waals surface area contributed by atoms with Gasteiger partial charge in [-0.05, 0) is 37.5 Å². The molecule has 20 heavy (non-hydrogen) atoms. The number of amides is 1. The third-order valence-corrected chi connectivity index (χ3v) is 3.48. The number of hydrogen-bond acceptors (Lipinski definition) is 3. The van der Waals surface area contributed by atoms with Gasteiger partial charge in [0.25, 0.3) is 0 Å². The molecule has 0 radical (unpaired) electrons. The van der Waals surface area contributed by atoms with Gasteiger partial charge in [0.15, 0.2) is 0 Å². The van der Waals surface area contributed by atoms with E-state index in [2.05, 4.69) is 0 Å². The number of likely N-dealkylation sites (N-methyl/N-ethyl adjacent to an activating group) is 1. The van der Waals surface area contributed by atoms with Gasteiger partial charge in [-0.1, -0.05) is 25.5 Å². The van der Waals surface area contributed by atoms with E-state index in [0.29, 0.717) is 13.0 Å². The molecule has 0 fully saturated rings. The molecule has 4 nitrogen and oxygen atoms in total. The number of hydrogen-bond donors (Lipinski definition) is 1. The highest BCUT2D eigenvalue weighted by atomic mass is 16.5. The van der Waals surface area contributed by atoms with Crippen LogP contribution in [-0.2, 0) is 11.3 Å². The molecule has 0 aliphatic heterocycles. The summed E-state index contributed by atoms with van der Waals surface area (Å²) in [6.07, 6.45) is 1.59. The lowest BCUT2D eigenvalue weighted by molar-refractivity contribution is -0.135. The van der Waals surface area contributed by atoms with E-state index in [-0.39, 0.29) is 5.91 Å². The highest BCUT2D eigenvalue weighted by molar-refractivity contribution is 5.85. The Morgan fingerprint density at radius 3 is 2.60 bits per heavy atom. The Balaban J connectivity index is 2.78. The number of methoxy groups -OCH3 is 1. The van der Waals surface area contributed by atoms with Gasteiger partial charge >= 0.3 is 0 Å². The van der Waals surface area contributed by atoms with Gasteiger partial charge in [-0.3, -0.25) is 4.79 Å². The highest BCUT2D eigenvalue weighted by Gasteiger charge is 2.30. The molecule has 4 heteroatoms. The second kappa shape index (κ2) is 6.75. The molecule has 0 aliphatic carbocycles. The Kier molecular flexibility index (Phi) is 5.57. The lowest BCUT2D eigenvalue weighted by Gasteiger charge is -2.29. The molecule has 0 bridgehead atoms. The number of nitrogens with two attached hydrogens (primary N) is 1. The zero-order valence-electron chi connectivity index (χ0n) is 13.2. The quantitative estimate of drug-likeness (QED) is 0.869. The molecule has 1 amide bonds. The van der Waals surface area contributed by atoms with Crippen molar-refractivity contribution < 1.29 is 9.53 Å². The fourth-order valence-corrected chi connectivity index (χ4v) is 2.45. The monoisotopic (exact) mass is 278 g/mol. The fourth-order valence-electron chi connectivity index (χ4n) is 2.45. The van der Waals surface area contributed by atoms with Crippen LogP contribution in [0.2, 0.25) is 0 Å². The maximum absolute atomic E-state index is 12.3. The first-order chi connectivity index (χ1) is 9.31. The molecule has 1 unspecified atom stereocenters. The summed E-state index contributed by atoms with van der Waals surface area (Å²) >= 11 is 0. The number of benzene rings is 1. The first-order valence-corrected chi connectivity index (χ1v) is 6.99. The molecule has 1 aromatic rings. The standard InChI is InChI=1S/C16H26N2O2/c1-6-9-16(3,17)15(19)18(4)11-13-7-8-14(20-5)12(2)10-13/h7-8,10H,6,9,11,17H2,1-5H3. The van der Waals surface area contributed by atoms with Crippen LogP contribution < -0.4 is 10.5 Å². The third kappa shape index (κ3) is 3.97. The summed E-state index contributed by atoms with van der Waals surface area (Å²) in [6.45, 7) is 6.38. The topological polar surface area (TPSA) is 55.6 Å². The molecule has 1 atom stereocenters. The first kappa shape index (κ1) is 16.5. The van der Waals surface area contributed by atoms with Gasteiger partial charge in [0.2, 0.25) is 5.91 Å². The lowest BCUT2D eigenvalue weighted by atomic mass is 9.95. The summed E-state index contributed by atoms with van der Waals surface area (Å²) in [6, 6.07) is 5.94. The van der Waals surface area contributed by atoms with Crippen molar-refractivity contribution >= 4 is 5.91 Å². The van der Waals surface area contributed by atoms with Crippen LogP contribution in [0.25, 0.3) is 0 Å². The van der Waals surface area contributed by atoms with Crippen molar-refractivity contribution in [3.63, 3.8) is 0 Å². The van der Waals surface area contributed by atoms with Crippen LogP contribution in [0.5, 0.6) is 5.75 Å². The molecule has 0 spiro atoms. The van der Waals surface area contributed by atoms with Crippen LogP contribution in [0.1, 0.15) is 37.8 Å². The van der Waals surface area contributed by atoms with Gasteiger partial charge in [-0.15, -0.1) is 0 Å². The van der Waals surface area contributed by atoms with Crippen molar-refractivity contribution in [2.75, 3.05) is 14.2 Å². The average molecular weight is 278 g/mol. The van der Waals surface area contributed by atoms with E-state index >= 15 is 0 Å². The predicted molar refractivity (Wildman–Crippen MR) is 81.7 cm³/mol. The summed E-state index contributed by atoms with van der Waals surface area (Å²) in [5, 5.41) is 0. The van der Waals surface area contributed by atoms with Gasteiger partial charge in [0.05, 0.1) is 12.6 Å². The third-order valence-electron chi connectivity index (χ3n) is 3.48. The Bertz CT molecular complexity index is 470. The van der Waals surface area contributed by atoms with Crippen LogP contribution >= 0.6 is 0 Å². The summed E-state index contributed by atoms with van der Waals surface area (Å²) in [5.41, 5.74) is 7.44. The van der Waals surface area contributed by atoms with E-state index in [1.807, 2.05) is 32.0 Å². The minimum absolute atomic E-state index is 0.0205. The average Bonchev–Trinajstić information content (AvgIpc) is 2.38. The van der Waals surface area contributed by atoms with Crippen LogP contribution in [-0.4, -0.2) is 30.5 Å². The van der Waals surface area contributed by atoms with Crippen LogP contribution in [0.15, 0.2) is 18.2 Å². The molecule has 0 saturated carbocycles. The van der Waals surface area contributed by atoms with Gasteiger partial charge in [-0.25, -0.2) is 0 Å². The van der Waals surface area contributed by atoms with Crippen molar-refractivity contribution in [1.82, 2.24) is 4.90 Å². The molecule has 1 aromatic carbocycles. The highest BCUT2D eigenvalue weighted by Crippen LogP contribution is 2.20. The Morgan fingerprint density at radius 1 is 1.45 bits per heavy atom. The van der Waals surface area contributed by atoms with Gasteiger partial charge in [0.1, 0.15) is 5.75 Å². The smallest absolute Gasteiger partial charge is 0.242 e. The molecular formula is C16H26N2O2. The molecule has 0 saturated heterocycles. The molecule has 0 aliphatic rings. The SMILES string of the molecule is CCCC(C)(N)C(=O)N(C)Cc1ccc(OC)c(C)c1. The van der Waals surface area contributed by atoms with Crippen molar-refractivity contribution in [1.29, 1.82) is 0 Å². The van der Waals surface area contributed by atoms with E-state index in [9.17, 15) is 4.79 Å². The minimum atomic E-state index is -0.787. The number of carbonyl (C=O) groups is 1. The summed E-state index contributed by atoms with van der Waals surface area (Å²) < 4.78 is 5.24. The second-order valence-corrected chi connectivity index (χ2v) is 5.63. The molecule has 112 valence electrons. The predicted octanol–water partition coefficient (Wildman–Crippen LogP) is 2.48. The number of nitrogens with zero attached hydrogens (tertiary/aromatic N) is 1. The largest absolute Gasteiger partial charge is 0.496 e. The zero-order valence-corrected chi connectivity index (χ0v) is 13.2. The van der Waals surface area contributed by atoms with Crippen molar-refractivity contribution in [2.24, 2.45) is 5.73 Å². The van der Waals surface area contributed by atoms with Crippen LogP contribution in [0.4, 0.5) is 0 Å². The molecule has 0 aromatic heterocycles. The van der Waals surface area contributed by atoms with Crippen LogP contribution in [0, 0.1) is 6.92 Å². The Labute approximate surface area is 121 Å². The first-order valence-electron chi connectivity index (χ1n) is 6.99. The molecule has 0 heterocycles. The summed E-state index contributed by atoms with van der Waals surface area (Å²) in [4.78, 5) is 14.0. The van der Waals surface area contributed by atoms with Crippen LogP contribution in [0.3, 0.4) is 0 Å². The van der Waals surface area contributed by atoms with Crippen molar-refractivity contribution in [3.8, 4) is 5.75 Å². The van der Waals surface area contributed by atoms with Gasteiger partial charge in [-0.2, -0.15) is 0 Å². The number of carbonyl (C=O) groups excluding carboxylic acids is 1. The van der Waals surface area contributed by atoms with E-state index in [1.165, 1.54) is 0 Å². The molecule has 1 rings (SSSR count). The van der Waals surface area contributed by atoms with Gasteiger partial charge < -0.3 is 15.4 Å². The van der Waals surface area contributed by atoms with Gasteiger partial charge in [0, 0.05) is 13.6 Å².